The van der Waals surface area contributed by atoms with Crippen molar-refractivity contribution in [3.05, 3.63) is 24.3 Å². The van der Waals surface area contributed by atoms with Gasteiger partial charge in [0.2, 0.25) is 0 Å². The fourth-order valence-electron chi connectivity index (χ4n) is 3.38. The number of guanidine groups is 1. The van der Waals surface area contributed by atoms with Crippen LogP contribution in [-0.2, 0) is 13.6 Å². The lowest BCUT2D eigenvalue weighted by Crippen LogP contribution is -2.45. The molecule has 0 aliphatic carbocycles. The summed E-state index contributed by atoms with van der Waals surface area (Å²) < 4.78 is 1.99. The minimum Gasteiger partial charge on any atom is -0.355 e. The van der Waals surface area contributed by atoms with Crippen molar-refractivity contribution in [3.63, 3.8) is 0 Å². The van der Waals surface area contributed by atoms with Gasteiger partial charge < -0.3 is 14.8 Å². The maximum atomic E-state index is 4.82. The molecular weight excluding hydrogens is 326 g/mol. The molecule has 1 aliphatic rings. The molecule has 0 saturated carbocycles. The van der Waals surface area contributed by atoms with E-state index in [1.807, 2.05) is 24.6 Å². The minimum atomic E-state index is 0.535. The SMILES string of the molecule is C=CCCCN(C)C(=NCc1nnc(C)n1C)NCC1CCCN1CC. The van der Waals surface area contributed by atoms with Crippen molar-refractivity contribution in [2.75, 3.05) is 33.2 Å². The Labute approximate surface area is 158 Å². The van der Waals surface area contributed by atoms with E-state index in [1.54, 1.807) is 0 Å². The van der Waals surface area contributed by atoms with Crippen molar-refractivity contribution in [1.82, 2.24) is 29.9 Å². The predicted octanol–water partition coefficient (Wildman–Crippen LogP) is 1.95. The van der Waals surface area contributed by atoms with E-state index in [4.69, 9.17) is 4.99 Å². The van der Waals surface area contributed by atoms with E-state index < -0.39 is 0 Å². The van der Waals surface area contributed by atoms with E-state index in [0.717, 1.165) is 50.1 Å². The second-order valence-corrected chi connectivity index (χ2v) is 7.02. The van der Waals surface area contributed by atoms with Crippen LogP contribution in [0.4, 0.5) is 0 Å². The molecular formula is C19H35N7. The first-order chi connectivity index (χ1) is 12.6. The highest BCUT2D eigenvalue weighted by Crippen LogP contribution is 2.15. The molecule has 2 rings (SSSR count). The van der Waals surface area contributed by atoms with Crippen molar-refractivity contribution in [2.45, 2.75) is 52.1 Å². The Kier molecular flexibility index (Phi) is 8.09. The van der Waals surface area contributed by atoms with Gasteiger partial charge in [0, 0.05) is 33.2 Å². The van der Waals surface area contributed by atoms with Crippen molar-refractivity contribution in [3.8, 4) is 0 Å². The zero-order chi connectivity index (χ0) is 18.9. The molecule has 26 heavy (non-hydrogen) atoms. The van der Waals surface area contributed by atoms with Gasteiger partial charge in [0.1, 0.15) is 12.4 Å². The molecule has 0 radical (unpaired) electrons. The van der Waals surface area contributed by atoms with E-state index in [2.05, 4.69) is 45.9 Å². The summed E-state index contributed by atoms with van der Waals surface area (Å²) in [7, 11) is 4.09. The number of likely N-dealkylation sites (tertiary alicyclic amines) is 1. The lowest BCUT2D eigenvalue weighted by atomic mass is 10.2. The van der Waals surface area contributed by atoms with E-state index >= 15 is 0 Å². The summed E-state index contributed by atoms with van der Waals surface area (Å²) >= 11 is 0. The fourth-order valence-corrected chi connectivity index (χ4v) is 3.38. The Bertz CT molecular complexity index is 593. The van der Waals surface area contributed by atoms with Crippen molar-refractivity contribution in [2.24, 2.45) is 12.0 Å². The molecule has 1 atom stereocenters. The van der Waals surface area contributed by atoms with Crippen LogP contribution in [0.3, 0.4) is 0 Å². The van der Waals surface area contributed by atoms with Gasteiger partial charge in [-0.2, -0.15) is 0 Å². The number of rotatable bonds is 9. The summed E-state index contributed by atoms with van der Waals surface area (Å²) in [5, 5.41) is 11.9. The Hall–Kier alpha value is -1.89. The van der Waals surface area contributed by atoms with Gasteiger partial charge in [-0.25, -0.2) is 4.99 Å². The molecule has 7 nitrogen and oxygen atoms in total. The number of likely N-dealkylation sites (N-methyl/N-ethyl adjacent to an activating group) is 1. The average Bonchev–Trinajstić information content (AvgIpc) is 3.22. The van der Waals surface area contributed by atoms with Crippen LogP contribution in [0.2, 0.25) is 0 Å². The number of aryl methyl sites for hydroxylation is 1. The third-order valence-electron chi connectivity index (χ3n) is 5.22. The highest BCUT2D eigenvalue weighted by molar-refractivity contribution is 5.79. The monoisotopic (exact) mass is 361 g/mol. The fraction of sp³-hybridized carbons (Fsp3) is 0.737. The highest BCUT2D eigenvalue weighted by Gasteiger charge is 2.23. The topological polar surface area (TPSA) is 61.6 Å². The number of aliphatic imine (C=N–C) groups is 1. The third kappa shape index (κ3) is 5.56. The molecule has 0 bridgehead atoms. The normalized spacial score (nSPS) is 18.3. The molecule has 0 amide bonds. The van der Waals surface area contributed by atoms with Gasteiger partial charge in [0.25, 0.3) is 0 Å². The summed E-state index contributed by atoms with van der Waals surface area (Å²) in [6.45, 7) is 12.8. The standard InChI is InChI=1S/C19H35N7/c1-6-8-9-12-24(4)19(20-14-17-11-10-13-26(17)7-2)21-15-18-23-22-16(3)25(18)5/h6,17H,1,7-15H2,2-5H3,(H,20,21). The van der Waals surface area contributed by atoms with Gasteiger partial charge in [-0.15, -0.1) is 16.8 Å². The van der Waals surface area contributed by atoms with Crippen LogP contribution in [0.15, 0.2) is 17.6 Å². The van der Waals surface area contributed by atoms with E-state index in [9.17, 15) is 0 Å². The maximum Gasteiger partial charge on any atom is 0.194 e. The molecule has 146 valence electrons. The van der Waals surface area contributed by atoms with Crippen molar-refractivity contribution in [1.29, 1.82) is 0 Å². The molecule has 1 N–H and O–H groups in total. The van der Waals surface area contributed by atoms with E-state index in [1.165, 1.54) is 19.4 Å². The number of hydrogen-bond donors (Lipinski definition) is 1. The zero-order valence-corrected chi connectivity index (χ0v) is 16.9. The molecule has 1 fully saturated rings. The van der Waals surface area contributed by atoms with Crippen LogP contribution < -0.4 is 5.32 Å². The number of aromatic nitrogens is 3. The molecule has 0 aromatic carbocycles. The highest BCUT2D eigenvalue weighted by atomic mass is 15.3. The summed E-state index contributed by atoms with van der Waals surface area (Å²) in [4.78, 5) is 9.58. The summed E-state index contributed by atoms with van der Waals surface area (Å²) in [6, 6.07) is 0.601. The second-order valence-electron chi connectivity index (χ2n) is 7.02. The lowest BCUT2D eigenvalue weighted by Gasteiger charge is -2.27. The quantitative estimate of drug-likeness (QED) is 0.315. The number of allylic oxidation sites excluding steroid dienone is 1. The number of nitrogens with one attached hydrogen (secondary N) is 1. The number of nitrogens with zero attached hydrogens (tertiary/aromatic N) is 6. The first-order valence-electron chi connectivity index (χ1n) is 9.76. The Balaban J connectivity index is 2.01. The Morgan fingerprint density at radius 2 is 2.27 bits per heavy atom. The van der Waals surface area contributed by atoms with Crippen LogP contribution in [0.5, 0.6) is 0 Å². The van der Waals surface area contributed by atoms with Crippen molar-refractivity contribution < 1.29 is 0 Å². The van der Waals surface area contributed by atoms with Crippen LogP contribution >= 0.6 is 0 Å². The molecule has 1 unspecified atom stereocenters. The Morgan fingerprint density at radius 1 is 1.46 bits per heavy atom. The molecule has 1 aromatic heterocycles. The first kappa shape index (κ1) is 20.4. The van der Waals surface area contributed by atoms with E-state index in [-0.39, 0.29) is 0 Å². The number of hydrogen-bond acceptors (Lipinski definition) is 4. The van der Waals surface area contributed by atoms with Crippen LogP contribution in [0.25, 0.3) is 0 Å². The lowest BCUT2D eigenvalue weighted by molar-refractivity contribution is 0.265. The summed E-state index contributed by atoms with van der Waals surface area (Å²) in [6.07, 6.45) is 6.62. The van der Waals surface area contributed by atoms with Gasteiger partial charge >= 0.3 is 0 Å². The first-order valence-corrected chi connectivity index (χ1v) is 9.76. The van der Waals surface area contributed by atoms with Gasteiger partial charge in [-0.05, 0) is 45.7 Å². The average molecular weight is 362 g/mol. The molecule has 1 aromatic rings. The number of unbranched alkanes of at least 4 members (excludes halogenated alkanes) is 1. The van der Waals surface area contributed by atoms with Gasteiger partial charge in [0.05, 0.1) is 0 Å². The molecule has 0 spiro atoms. The molecule has 1 aliphatic heterocycles. The van der Waals surface area contributed by atoms with Crippen LogP contribution in [0.1, 0.15) is 44.3 Å². The van der Waals surface area contributed by atoms with Gasteiger partial charge in [-0.1, -0.05) is 13.0 Å². The maximum absolute atomic E-state index is 4.82. The molecule has 2 heterocycles. The van der Waals surface area contributed by atoms with Crippen LogP contribution in [0, 0.1) is 6.92 Å². The molecule has 7 heteroatoms. The Morgan fingerprint density at radius 3 is 2.92 bits per heavy atom. The summed E-state index contributed by atoms with van der Waals surface area (Å²) in [5.74, 6) is 2.74. The smallest absolute Gasteiger partial charge is 0.194 e. The van der Waals surface area contributed by atoms with E-state index in [0.29, 0.717) is 12.6 Å². The zero-order valence-electron chi connectivity index (χ0n) is 16.9. The second kappa shape index (κ2) is 10.3. The minimum absolute atomic E-state index is 0.535. The van der Waals surface area contributed by atoms with Crippen LogP contribution in [-0.4, -0.2) is 69.8 Å². The largest absolute Gasteiger partial charge is 0.355 e. The molecule has 1 saturated heterocycles. The van der Waals surface area contributed by atoms with Gasteiger partial charge in [-0.3, -0.25) is 4.90 Å². The summed E-state index contributed by atoms with van der Waals surface area (Å²) in [5.41, 5.74) is 0. The predicted molar refractivity (Wildman–Crippen MR) is 107 cm³/mol. The third-order valence-corrected chi connectivity index (χ3v) is 5.22. The van der Waals surface area contributed by atoms with Gasteiger partial charge in [0.15, 0.2) is 11.8 Å². The van der Waals surface area contributed by atoms with Crippen molar-refractivity contribution >= 4 is 5.96 Å².